The molecule has 0 aromatic heterocycles. The summed E-state index contributed by atoms with van der Waals surface area (Å²) in [6.07, 6.45) is 15.2. The minimum absolute atomic E-state index is 0.957. The Balaban J connectivity index is 1.50. The fraction of sp³-hybridized carbons (Fsp3) is 1.00. The minimum atomic E-state index is 0.957. The number of piperidine rings is 2. The van der Waals surface area contributed by atoms with Crippen molar-refractivity contribution < 1.29 is 0 Å². The molecule has 1 nitrogen and oxygen atoms in total. The van der Waals surface area contributed by atoms with Gasteiger partial charge in [0.1, 0.15) is 0 Å². The molecule has 0 spiro atoms. The van der Waals surface area contributed by atoms with E-state index in [0.29, 0.717) is 0 Å². The van der Waals surface area contributed by atoms with Crippen LogP contribution < -0.4 is 0 Å². The Morgan fingerprint density at radius 1 is 0.600 bits per heavy atom. The summed E-state index contributed by atoms with van der Waals surface area (Å²) in [5, 5.41) is 0. The van der Waals surface area contributed by atoms with E-state index in [2.05, 4.69) is 18.7 Å². The zero-order valence-corrected chi connectivity index (χ0v) is 13.6. The molecule has 2 saturated carbocycles. The number of rotatable bonds is 1. The quantitative estimate of drug-likeness (QED) is 0.661. The van der Waals surface area contributed by atoms with Crippen LogP contribution in [0.1, 0.15) is 78.1 Å². The predicted octanol–water partition coefficient (Wildman–Crippen LogP) is 4.85. The molecule has 4 aliphatic rings. The van der Waals surface area contributed by atoms with Crippen LogP contribution in [0.4, 0.5) is 0 Å². The number of nitrogens with zero attached hydrogens (tertiary/aromatic N) is 1. The summed E-state index contributed by atoms with van der Waals surface area (Å²) >= 11 is 0. The molecule has 0 N–H and O–H groups in total. The van der Waals surface area contributed by atoms with Gasteiger partial charge in [-0.05, 0) is 81.5 Å². The standard InChI is InChI=1S/C19H33N/c1-13-6-15-10-16(7-13)12-19(11-15)20-17-4-3-5-18(20)9-14(2)8-17/h13-19H,3-12H2,1-2H3/t13?,14?,15-,16+,17-,18+,19?. The van der Waals surface area contributed by atoms with Crippen LogP contribution in [0.5, 0.6) is 0 Å². The molecule has 2 aliphatic heterocycles. The third-order valence-corrected chi connectivity index (χ3v) is 7.04. The second-order valence-electron chi connectivity index (χ2n) is 8.93. The molecule has 7 atom stereocenters. The van der Waals surface area contributed by atoms with Gasteiger partial charge in [-0.25, -0.2) is 0 Å². The highest BCUT2D eigenvalue weighted by Crippen LogP contribution is 2.47. The minimum Gasteiger partial charge on any atom is -0.294 e. The third-order valence-electron chi connectivity index (χ3n) is 7.04. The van der Waals surface area contributed by atoms with Crippen LogP contribution in [-0.2, 0) is 0 Å². The van der Waals surface area contributed by atoms with Gasteiger partial charge in [-0.2, -0.15) is 0 Å². The van der Waals surface area contributed by atoms with Crippen LogP contribution in [0.2, 0.25) is 0 Å². The first-order valence-corrected chi connectivity index (χ1v) is 9.46. The lowest BCUT2D eigenvalue weighted by molar-refractivity contribution is -0.0524. The van der Waals surface area contributed by atoms with Crippen molar-refractivity contribution in [3.05, 3.63) is 0 Å². The van der Waals surface area contributed by atoms with Gasteiger partial charge in [0, 0.05) is 18.1 Å². The summed E-state index contributed by atoms with van der Waals surface area (Å²) in [4.78, 5) is 3.07. The number of fused-ring (bicyclic) bond motifs is 4. The van der Waals surface area contributed by atoms with Crippen LogP contribution in [0, 0.1) is 23.7 Å². The molecule has 0 amide bonds. The summed E-state index contributed by atoms with van der Waals surface area (Å²) in [6.45, 7) is 5.00. The molecule has 0 radical (unpaired) electrons. The Morgan fingerprint density at radius 3 is 1.75 bits per heavy atom. The average Bonchev–Trinajstić information content (AvgIpc) is 2.35. The van der Waals surface area contributed by atoms with Gasteiger partial charge in [0.15, 0.2) is 0 Å². The molecule has 2 saturated heterocycles. The maximum atomic E-state index is 3.07. The predicted molar refractivity (Wildman–Crippen MR) is 84.7 cm³/mol. The van der Waals surface area contributed by atoms with Crippen molar-refractivity contribution >= 4 is 0 Å². The van der Waals surface area contributed by atoms with Crippen molar-refractivity contribution in [2.45, 2.75) is 96.2 Å². The van der Waals surface area contributed by atoms with E-state index in [1.807, 2.05) is 0 Å². The van der Waals surface area contributed by atoms with Gasteiger partial charge in [0.2, 0.25) is 0 Å². The van der Waals surface area contributed by atoms with Crippen molar-refractivity contribution in [1.82, 2.24) is 4.90 Å². The fourth-order valence-electron chi connectivity index (χ4n) is 6.68. The van der Waals surface area contributed by atoms with Crippen LogP contribution in [0.15, 0.2) is 0 Å². The van der Waals surface area contributed by atoms with Crippen LogP contribution >= 0.6 is 0 Å². The zero-order valence-electron chi connectivity index (χ0n) is 13.6. The molecule has 114 valence electrons. The summed E-state index contributed by atoms with van der Waals surface area (Å²) in [5.74, 6) is 4.15. The summed E-state index contributed by atoms with van der Waals surface area (Å²) in [5.41, 5.74) is 0. The van der Waals surface area contributed by atoms with Crippen LogP contribution in [0.3, 0.4) is 0 Å². The lowest BCUT2D eigenvalue weighted by atomic mass is 9.65. The molecule has 3 unspecified atom stereocenters. The van der Waals surface area contributed by atoms with Crippen molar-refractivity contribution in [2.75, 3.05) is 0 Å². The molecule has 0 aromatic rings. The molecule has 20 heavy (non-hydrogen) atoms. The van der Waals surface area contributed by atoms with E-state index in [1.54, 1.807) is 19.3 Å². The first-order chi connectivity index (χ1) is 9.69. The molecular formula is C19H33N. The molecule has 4 bridgehead atoms. The van der Waals surface area contributed by atoms with E-state index in [4.69, 9.17) is 0 Å². The van der Waals surface area contributed by atoms with E-state index in [0.717, 1.165) is 41.8 Å². The summed E-state index contributed by atoms with van der Waals surface area (Å²) < 4.78 is 0. The summed E-state index contributed by atoms with van der Waals surface area (Å²) in [6, 6.07) is 2.88. The fourth-order valence-corrected chi connectivity index (χ4v) is 6.68. The Bertz CT molecular complexity index is 320. The largest absolute Gasteiger partial charge is 0.294 e. The highest BCUT2D eigenvalue weighted by Gasteiger charge is 2.44. The second kappa shape index (κ2) is 5.30. The lowest BCUT2D eigenvalue weighted by Crippen LogP contribution is -2.58. The normalized spacial score (nSPS) is 52.8. The molecule has 1 heteroatoms. The van der Waals surface area contributed by atoms with Crippen molar-refractivity contribution in [3.8, 4) is 0 Å². The maximum Gasteiger partial charge on any atom is 0.0106 e. The lowest BCUT2D eigenvalue weighted by Gasteiger charge is -2.55. The molecule has 4 rings (SSSR count). The van der Waals surface area contributed by atoms with Crippen LogP contribution in [0.25, 0.3) is 0 Å². The van der Waals surface area contributed by atoms with E-state index < -0.39 is 0 Å². The van der Waals surface area contributed by atoms with Gasteiger partial charge in [0.25, 0.3) is 0 Å². The second-order valence-corrected chi connectivity index (χ2v) is 8.93. The van der Waals surface area contributed by atoms with Gasteiger partial charge in [-0.15, -0.1) is 0 Å². The Hall–Kier alpha value is -0.0400. The van der Waals surface area contributed by atoms with Crippen molar-refractivity contribution in [2.24, 2.45) is 23.7 Å². The van der Waals surface area contributed by atoms with E-state index in [9.17, 15) is 0 Å². The SMILES string of the molecule is CC1C[C@@H]2CC(N3[C@@H]4CCC[C@H]3CC(C)C4)C[C@H](C1)C2. The molecule has 2 heterocycles. The van der Waals surface area contributed by atoms with Gasteiger partial charge in [-0.3, -0.25) is 4.90 Å². The highest BCUT2D eigenvalue weighted by atomic mass is 15.2. The van der Waals surface area contributed by atoms with Gasteiger partial charge >= 0.3 is 0 Å². The zero-order chi connectivity index (χ0) is 13.7. The summed E-state index contributed by atoms with van der Waals surface area (Å²) in [7, 11) is 0. The van der Waals surface area contributed by atoms with Crippen LogP contribution in [-0.4, -0.2) is 23.0 Å². The van der Waals surface area contributed by atoms with Crippen molar-refractivity contribution in [3.63, 3.8) is 0 Å². The van der Waals surface area contributed by atoms with Gasteiger partial charge in [-0.1, -0.05) is 20.3 Å². The Labute approximate surface area is 125 Å². The highest BCUT2D eigenvalue weighted by molar-refractivity contribution is 4.98. The molecule has 4 fully saturated rings. The Kier molecular flexibility index (Phi) is 3.61. The van der Waals surface area contributed by atoms with E-state index in [1.165, 1.54) is 44.9 Å². The smallest absolute Gasteiger partial charge is 0.0106 e. The maximum absolute atomic E-state index is 3.07. The van der Waals surface area contributed by atoms with Gasteiger partial charge < -0.3 is 0 Å². The number of hydrogen-bond donors (Lipinski definition) is 0. The average molecular weight is 275 g/mol. The van der Waals surface area contributed by atoms with Gasteiger partial charge in [0.05, 0.1) is 0 Å². The molecular weight excluding hydrogens is 242 g/mol. The van der Waals surface area contributed by atoms with E-state index in [-0.39, 0.29) is 0 Å². The third kappa shape index (κ3) is 2.45. The monoisotopic (exact) mass is 275 g/mol. The number of hydrogen-bond acceptors (Lipinski definition) is 1. The first-order valence-electron chi connectivity index (χ1n) is 9.46. The topological polar surface area (TPSA) is 3.24 Å². The molecule has 2 aliphatic carbocycles. The van der Waals surface area contributed by atoms with Crippen molar-refractivity contribution in [1.29, 1.82) is 0 Å². The molecule has 0 aromatic carbocycles. The Morgan fingerprint density at radius 2 is 1.15 bits per heavy atom. The van der Waals surface area contributed by atoms with E-state index >= 15 is 0 Å². The first kappa shape index (κ1) is 13.6.